The van der Waals surface area contributed by atoms with Crippen molar-refractivity contribution in [1.29, 1.82) is 0 Å². The number of fused-ring (bicyclic) bond motifs is 1. The number of amides is 2. The molecule has 6 nitrogen and oxygen atoms in total. The summed E-state index contributed by atoms with van der Waals surface area (Å²) < 4.78 is 11.5. The average molecular weight is 403 g/mol. The third-order valence-electron chi connectivity index (χ3n) is 6.29. The van der Waals surface area contributed by atoms with Crippen LogP contribution in [-0.4, -0.2) is 71.0 Å². The lowest BCUT2D eigenvalue weighted by Gasteiger charge is -2.47. The van der Waals surface area contributed by atoms with Crippen LogP contribution in [0.2, 0.25) is 0 Å². The number of hydrogen-bond donors (Lipinski definition) is 0. The molecule has 28 heavy (non-hydrogen) atoms. The highest BCUT2D eigenvalue weighted by Crippen LogP contribution is 2.46. The van der Waals surface area contributed by atoms with Gasteiger partial charge in [0, 0.05) is 37.5 Å². The Hall–Kier alpha value is -1.57. The molecule has 4 aliphatic rings. The first-order valence-corrected chi connectivity index (χ1v) is 11.1. The van der Waals surface area contributed by atoms with Crippen LogP contribution >= 0.6 is 11.8 Å². The zero-order valence-electron chi connectivity index (χ0n) is 16.0. The van der Waals surface area contributed by atoms with E-state index in [2.05, 4.69) is 0 Å². The van der Waals surface area contributed by atoms with E-state index in [9.17, 15) is 9.59 Å². The Labute approximate surface area is 169 Å². The molecular weight excluding hydrogens is 376 g/mol. The summed E-state index contributed by atoms with van der Waals surface area (Å²) in [7, 11) is 0. The average Bonchev–Trinajstić information content (AvgIpc) is 3.44. The summed E-state index contributed by atoms with van der Waals surface area (Å²) >= 11 is 1.90. The number of benzene rings is 1. The van der Waals surface area contributed by atoms with Gasteiger partial charge in [0.05, 0.1) is 24.1 Å². The molecule has 1 aromatic carbocycles. The van der Waals surface area contributed by atoms with Crippen molar-refractivity contribution in [2.24, 2.45) is 0 Å². The van der Waals surface area contributed by atoms with Crippen LogP contribution < -0.4 is 0 Å². The minimum Gasteiger partial charge on any atom is -0.372 e. The van der Waals surface area contributed by atoms with Gasteiger partial charge in [-0.2, -0.15) is 0 Å². The van der Waals surface area contributed by atoms with Crippen LogP contribution in [0.3, 0.4) is 0 Å². The number of likely N-dealkylation sites (tertiary alicyclic amines) is 2. The van der Waals surface area contributed by atoms with Gasteiger partial charge in [-0.25, -0.2) is 0 Å². The summed E-state index contributed by atoms with van der Waals surface area (Å²) in [6, 6.07) is 5.91. The molecule has 1 spiro atoms. The van der Waals surface area contributed by atoms with Crippen LogP contribution in [0.25, 0.3) is 0 Å². The number of carbonyl (C=O) groups excluding carboxylic acids is 2. The Bertz CT molecular complexity index is 787. The van der Waals surface area contributed by atoms with Crippen molar-refractivity contribution >= 4 is 23.6 Å². The van der Waals surface area contributed by atoms with Crippen molar-refractivity contribution < 1.29 is 19.1 Å². The molecule has 150 valence electrons. The zero-order chi connectivity index (χ0) is 19.1. The molecule has 0 aromatic heterocycles. The van der Waals surface area contributed by atoms with Crippen LogP contribution in [-0.2, 0) is 27.5 Å². The Kier molecular flexibility index (Phi) is 4.85. The standard InChI is InChI=1S/C21H26N2O4S/c24-19(22-5-1-2-6-22)11-27-18-8-21(28-12-18)13-23(14-21)20(25)15-3-4-16-9-26-10-17(16)7-15/h3-4,7,18H,1-2,5-6,8-14H2/t18-/m0/s1. The van der Waals surface area contributed by atoms with Gasteiger partial charge in [0.15, 0.2) is 0 Å². The first kappa shape index (κ1) is 18.5. The molecule has 3 saturated heterocycles. The number of ether oxygens (including phenoxy) is 2. The molecule has 2 amide bonds. The van der Waals surface area contributed by atoms with Crippen LogP contribution in [0.15, 0.2) is 18.2 Å². The molecule has 0 aliphatic carbocycles. The second kappa shape index (κ2) is 7.35. The molecular formula is C21H26N2O4S. The number of hydrogen-bond acceptors (Lipinski definition) is 5. The van der Waals surface area contributed by atoms with E-state index in [1.54, 1.807) is 0 Å². The van der Waals surface area contributed by atoms with Crippen molar-refractivity contribution in [3.63, 3.8) is 0 Å². The van der Waals surface area contributed by atoms with Gasteiger partial charge < -0.3 is 19.3 Å². The topological polar surface area (TPSA) is 59.1 Å². The Morgan fingerprint density at radius 3 is 2.75 bits per heavy atom. The number of carbonyl (C=O) groups is 2. The Balaban J connectivity index is 1.11. The minimum absolute atomic E-state index is 0.106. The number of rotatable bonds is 4. The Morgan fingerprint density at radius 1 is 1.14 bits per heavy atom. The highest BCUT2D eigenvalue weighted by atomic mass is 32.2. The fourth-order valence-electron chi connectivity index (χ4n) is 4.66. The van der Waals surface area contributed by atoms with Crippen molar-refractivity contribution in [2.45, 2.75) is 43.3 Å². The van der Waals surface area contributed by atoms with E-state index in [0.717, 1.165) is 62.3 Å². The molecule has 0 radical (unpaired) electrons. The summed E-state index contributed by atoms with van der Waals surface area (Å²) in [5.41, 5.74) is 3.07. The highest BCUT2D eigenvalue weighted by molar-refractivity contribution is 8.01. The first-order chi connectivity index (χ1) is 13.6. The maximum absolute atomic E-state index is 12.8. The lowest BCUT2D eigenvalue weighted by Crippen LogP contribution is -2.60. The molecule has 1 aromatic rings. The predicted octanol–water partition coefficient (Wildman–Crippen LogP) is 2.06. The van der Waals surface area contributed by atoms with Crippen LogP contribution in [0.1, 0.15) is 40.7 Å². The van der Waals surface area contributed by atoms with Crippen molar-refractivity contribution in [3.8, 4) is 0 Å². The van der Waals surface area contributed by atoms with E-state index >= 15 is 0 Å². The lowest BCUT2D eigenvalue weighted by atomic mass is 9.92. The van der Waals surface area contributed by atoms with Crippen molar-refractivity contribution in [2.75, 3.05) is 38.5 Å². The van der Waals surface area contributed by atoms with Gasteiger partial charge in [0.25, 0.3) is 5.91 Å². The highest BCUT2D eigenvalue weighted by Gasteiger charge is 2.51. The molecule has 0 saturated carbocycles. The fourth-order valence-corrected chi connectivity index (χ4v) is 6.21. The van der Waals surface area contributed by atoms with E-state index in [0.29, 0.717) is 13.2 Å². The van der Waals surface area contributed by atoms with E-state index in [1.165, 1.54) is 5.56 Å². The molecule has 4 aliphatic heterocycles. The quantitative estimate of drug-likeness (QED) is 0.772. The first-order valence-electron chi connectivity index (χ1n) is 10.1. The van der Waals surface area contributed by atoms with Gasteiger partial charge >= 0.3 is 0 Å². The maximum Gasteiger partial charge on any atom is 0.253 e. The molecule has 0 N–H and O–H groups in total. The van der Waals surface area contributed by atoms with Crippen LogP contribution in [0, 0.1) is 0 Å². The van der Waals surface area contributed by atoms with Gasteiger partial charge in [-0.3, -0.25) is 9.59 Å². The van der Waals surface area contributed by atoms with E-state index in [1.807, 2.05) is 39.8 Å². The molecule has 0 bridgehead atoms. The zero-order valence-corrected chi connectivity index (χ0v) is 16.8. The molecule has 7 heteroatoms. The molecule has 0 unspecified atom stereocenters. The minimum atomic E-state index is 0.106. The van der Waals surface area contributed by atoms with Gasteiger partial charge in [0.2, 0.25) is 5.91 Å². The van der Waals surface area contributed by atoms with E-state index in [-0.39, 0.29) is 29.3 Å². The maximum atomic E-state index is 12.8. The third-order valence-corrected chi connectivity index (χ3v) is 7.87. The second-order valence-corrected chi connectivity index (χ2v) is 9.84. The summed E-state index contributed by atoms with van der Waals surface area (Å²) in [5.74, 6) is 1.13. The summed E-state index contributed by atoms with van der Waals surface area (Å²) in [6.07, 6.45) is 3.25. The van der Waals surface area contributed by atoms with Crippen LogP contribution in [0.5, 0.6) is 0 Å². The fraction of sp³-hybridized carbons (Fsp3) is 0.619. The van der Waals surface area contributed by atoms with E-state index < -0.39 is 0 Å². The summed E-state index contributed by atoms with van der Waals surface area (Å²) in [4.78, 5) is 28.8. The SMILES string of the molecule is O=C(CO[C@@H]1CSC2(C1)CN(C(=O)c1ccc3c(c1)COC3)C2)N1CCCC1. The number of nitrogens with zero attached hydrogens (tertiary/aromatic N) is 2. The van der Waals surface area contributed by atoms with Gasteiger partial charge in [-0.15, -0.1) is 11.8 Å². The van der Waals surface area contributed by atoms with E-state index in [4.69, 9.17) is 9.47 Å². The van der Waals surface area contributed by atoms with Gasteiger partial charge in [-0.05, 0) is 42.5 Å². The molecule has 1 atom stereocenters. The molecule has 5 rings (SSSR count). The van der Waals surface area contributed by atoms with Crippen molar-refractivity contribution in [1.82, 2.24) is 9.80 Å². The van der Waals surface area contributed by atoms with Gasteiger partial charge in [0.1, 0.15) is 6.61 Å². The molecule has 4 heterocycles. The predicted molar refractivity (Wildman–Crippen MR) is 106 cm³/mol. The normalized spacial score (nSPS) is 25.2. The third kappa shape index (κ3) is 3.44. The van der Waals surface area contributed by atoms with Gasteiger partial charge in [-0.1, -0.05) is 6.07 Å². The monoisotopic (exact) mass is 402 g/mol. The molecule has 3 fully saturated rings. The summed E-state index contributed by atoms with van der Waals surface area (Å²) in [5, 5.41) is 0. The van der Waals surface area contributed by atoms with Crippen LogP contribution in [0.4, 0.5) is 0 Å². The Morgan fingerprint density at radius 2 is 1.93 bits per heavy atom. The number of thioether (sulfide) groups is 1. The second-order valence-electron chi connectivity index (χ2n) is 8.36. The smallest absolute Gasteiger partial charge is 0.253 e. The lowest BCUT2D eigenvalue weighted by molar-refractivity contribution is -0.136. The summed E-state index contributed by atoms with van der Waals surface area (Å²) in [6.45, 7) is 4.73. The largest absolute Gasteiger partial charge is 0.372 e. The van der Waals surface area contributed by atoms with Crippen molar-refractivity contribution in [3.05, 3.63) is 34.9 Å².